The average molecular weight is 2740 g/mol. The molecule has 18 nitrogen and oxygen atoms in total. The minimum Gasteiger partial charge on any atom is -0.545 e. The maximum absolute atomic E-state index is 10.1. The van der Waals surface area contributed by atoms with Crippen molar-refractivity contribution in [1.29, 1.82) is 0 Å². The third-order valence-electron chi connectivity index (χ3n) is 17.2. The molecule has 0 spiro atoms. The fraction of sp³-hybridized carbons (Fsp3) is 0.0583. The van der Waals surface area contributed by atoms with Gasteiger partial charge >= 0.3 is 0 Å². The molecule has 0 saturated carbocycles. The number of fused-ring (bicyclic) bond motifs is 4. The molecule has 0 saturated heterocycles. The van der Waals surface area contributed by atoms with Gasteiger partial charge in [-0.25, -0.2) is 9.97 Å². The number of aliphatic hydroxyl groups excluding tert-OH is 2. The van der Waals surface area contributed by atoms with Gasteiger partial charge in [0.25, 0.3) is 0 Å². The second kappa shape index (κ2) is 58.8. The van der Waals surface area contributed by atoms with Crippen LogP contribution in [-0.2, 0) is 140 Å². The number of hydrogen-bond donors (Lipinski definition) is 4. The molecule has 4 radical (unpaired) electrons. The molecule has 0 fully saturated rings. The Morgan fingerprint density at radius 3 is 1.13 bits per heavy atom. The number of para-hydroxylation sites is 3. The smallest absolute Gasteiger partial charge is 0.155 e. The second-order valence-electron chi connectivity index (χ2n) is 26.1. The van der Waals surface area contributed by atoms with Crippen molar-refractivity contribution < 1.29 is 161 Å². The Morgan fingerprint density at radius 1 is 0.339 bits per heavy atom. The number of nitrogens with zero attached hydrogens (tertiary/aromatic N) is 10. The number of aliphatic hydroxyl groups is 2. The number of hydrogen-bond acceptors (Lipinski definition) is 17. The number of aromatic hydroxyl groups is 2. The van der Waals surface area contributed by atoms with Crippen LogP contribution in [0.25, 0.3) is 134 Å². The molecule has 127 heavy (non-hydrogen) atoms. The van der Waals surface area contributed by atoms with Crippen molar-refractivity contribution in [3.8, 4) is 102 Å². The molecule has 0 amide bonds. The first-order chi connectivity index (χ1) is 59.0. The van der Waals surface area contributed by atoms with Crippen LogP contribution in [0.1, 0.15) is 39.1 Å². The number of aryl methyl sites for hydroxylation is 2. The molecule has 0 bridgehead atoms. The molecular weight excluding hydrogens is 2660 g/mol. The minimum atomic E-state index is -0.125. The molecule has 8 aromatic heterocycles. The second-order valence-corrected chi connectivity index (χ2v) is 26.1. The Balaban J connectivity index is 0.000000379. The normalized spacial score (nSPS) is 9.84. The Hall–Kier alpha value is -12.3. The molecule has 18 rings (SSSR count). The quantitative estimate of drug-likeness (QED) is 0.0428. The maximum atomic E-state index is 10.1. The van der Waals surface area contributed by atoms with E-state index in [1.165, 1.54) is 77.7 Å². The zero-order valence-corrected chi connectivity index (χ0v) is 83.5. The van der Waals surface area contributed by atoms with Crippen molar-refractivity contribution in [1.82, 2.24) is 50.1 Å². The number of phenols is 2. The summed E-state index contributed by atoms with van der Waals surface area (Å²) in [7, 11) is 0. The Labute approximate surface area is 820 Å². The molecule has 24 heteroatoms. The van der Waals surface area contributed by atoms with Gasteiger partial charge in [0.05, 0.1) is 51.0 Å². The zero-order valence-electron chi connectivity index (χ0n) is 69.1. The number of carbonyl (C=O) groups is 2. The fourth-order valence-electron chi connectivity index (χ4n) is 11.9. The van der Waals surface area contributed by atoms with Crippen LogP contribution in [0, 0.1) is 38.1 Å². The number of allylic oxidation sites excluding steroid dienone is 4. The van der Waals surface area contributed by atoms with Gasteiger partial charge in [0.15, 0.2) is 11.6 Å². The maximum Gasteiger partial charge on any atom is 0.155 e. The van der Waals surface area contributed by atoms with E-state index in [2.05, 4.69) is 156 Å². The van der Waals surface area contributed by atoms with Crippen LogP contribution < -0.4 is 5.10 Å². The summed E-state index contributed by atoms with van der Waals surface area (Å²) in [6, 6.07) is 119. The predicted molar refractivity (Wildman–Crippen MR) is 481 cm³/mol. The zero-order chi connectivity index (χ0) is 86.1. The first-order valence-corrected chi connectivity index (χ1v) is 37.8. The van der Waals surface area contributed by atoms with Crippen LogP contribution in [0.4, 0.5) is 0 Å². The minimum absolute atomic E-state index is 0. The SMILES string of the molecule is CC(=O)C=C(C)O.CC(=O)C=C(C)O.Cc1cccc2nc(-c3[c-]cccc3)ccc12.Cc1n[n-]c(-c2ccccn2)n1.Oc1ccccc1-c1cccc(-c2cccc(-c3ccccc3O)n2)n1.[CH-]=O.[CH-]=O.[Ir].[Ir].[Ir].[Ir].[Os].[Pt].[c-]1ccccc1-c1ccc2ccccc2n1.[c-]1ccccc1-c1nccc2ccccc12.[c-]1ccccc1-c1nccc2ccccc12. The van der Waals surface area contributed by atoms with Gasteiger partial charge in [-0.2, -0.15) is 0 Å². The molecule has 18 aromatic rings. The van der Waals surface area contributed by atoms with E-state index in [9.17, 15) is 19.8 Å². The van der Waals surface area contributed by atoms with Crippen molar-refractivity contribution in [3.05, 3.63) is 405 Å². The summed E-state index contributed by atoms with van der Waals surface area (Å²) in [6.07, 6.45) is 7.73. The van der Waals surface area contributed by atoms with Gasteiger partial charge in [-0.1, -0.05) is 146 Å². The molecule has 0 aliphatic carbocycles. The van der Waals surface area contributed by atoms with E-state index < -0.39 is 0 Å². The number of pyridine rings is 7. The summed E-state index contributed by atoms with van der Waals surface area (Å²) in [6.45, 7) is 16.1. The van der Waals surface area contributed by atoms with Gasteiger partial charge in [-0.05, 0) is 188 Å². The number of ketones is 2. The van der Waals surface area contributed by atoms with Crippen LogP contribution in [0.2, 0.25) is 0 Å². The number of rotatable bonds is 10. The van der Waals surface area contributed by atoms with Gasteiger partial charge in [-0.15, -0.1) is 144 Å². The van der Waals surface area contributed by atoms with E-state index in [1.54, 1.807) is 37.4 Å². The summed E-state index contributed by atoms with van der Waals surface area (Å²) in [5.74, 6) is 1.52. The summed E-state index contributed by atoms with van der Waals surface area (Å²) >= 11 is 0. The van der Waals surface area contributed by atoms with Crippen LogP contribution in [0.3, 0.4) is 0 Å². The van der Waals surface area contributed by atoms with E-state index in [1.807, 2.05) is 255 Å². The summed E-state index contributed by atoms with van der Waals surface area (Å²) < 4.78 is 0. The molecule has 4 N–H and O–H groups in total. The molecule has 0 aliphatic rings. The summed E-state index contributed by atoms with van der Waals surface area (Å²) in [5.41, 5.74) is 16.3. The van der Waals surface area contributed by atoms with E-state index in [-0.39, 0.29) is 156 Å². The largest absolute Gasteiger partial charge is 0.545 e. The number of benzene rings is 10. The van der Waals surface area contributed by atoms with Gasteiger partial charge in [0, 0.05) is 174 Å². The average Bonchev–Trinajstić information content (AvgIpc) is 1.53. The topological polar surface area (TPSA) is 279 Å². The van der Waals surface area contributed by atoms with Gasteiger partial charge in [0.1, 0.15) is 11.5 Å². The Morgan fingerprint density at radius 2 is 0.717 bits per heavy atom. The summed E-state index contributed by atoms with van der Waals surface area (Å²) in [5, 5.41) is 51.7. The Bertz CT molecular complexity index is 6160. The van der Waals surface area contributed by atoms with E-state index in [0.29, 0.717) is 45.6 Å². The van der Waals surface area contributed by atoms with Crippen LogP contribution in [-0.4, -0.2) is 90.5 Å². The Kier molecular flexibility index (Phi) is 50.4. The van der Waals surface area contributed by atoms with Gasteiger partial charge in [0.2, 0.25) is 0 Å². The predicted octanol–water partition coefficient (Wildman–Crippen LogP) is 22.3. The van der Waals surface area contributed by atoms with Crippen LogP contribution in [0.5, 0.6) is 11.5 Å². The standard InChI is InChI=1S/C22H16N2O2.C16H12N.3C15H10N.C8H7N4.2C5H8O2.2CHO.4Ir.Os.Pt/c25-21-13-3-1-7-15(21)17-9-5-11-19(23-17)20-12-6-10-18(24-20)16-8-2-4-14-22(16)26;1-12-6-5-9-16-14(12)10-11-15(17-16)13-7-3-2-4-8-13;2*1-2-7-13(8-3-1)15-14-9-5-4-6-12(14)10-11-16-15;1-2-6-12(7-3-1)15-11-10-13-8-4-5-9-14(13)16-15;1-6-10-8(12-11-6)7-4-2-3-5-9-7;2*1-4(6)3-5(2)7;2*1-2;;;;;;/h1-14,25-26H;2-7,9-11H,1H3;2*1-7,9-11H;1-6,8-11H;2-5H,1H3;2*3,6H,1-2H3;2*1H;;;;;;/q;5*-1;;;2*-1;;;;;;. The molecule has 10 aromatic carbocycles. The molecule has 0 atom stereocenters. The first kappa shape index (κ1) is 109. The molecule has 0 unspecified atom stereocenters. The summed E-state index contributed by atoms with van der Waals surface area (Å²) in [4.78, 5) is 71.2. The van der Waals surface area contributed by atoms with E-state index >= 15 is 0 Å². The molecule has 654 valence electrons. The fourth-order valence-corrected chi connectivity index (χ4v) is 11.9. The number of phenolic OH excluding ortho intramolecular Hbond substituents is 2. The van der Waals surface area contributed by atoms with Crippen molar-refractivity contribution in [2.24, 2.45) is 0 Å². The van der Waals surface area contributed by atoms with Crippen LogP contribution in [0.15, 0.2) is 370 Å². The molecule has 8 heterocycles. The molecule has 0 aliphatic heterocycles. The number of carbonyl (C=O) groups excluding carboxylic acids is 4. The van der Waals surface area contributed by atoms with E-state index in [0.717, 1.165) is 61.8 Å². The van der Waals surface area contributed by atoms with E-state index in [4.69, 9.17) is 19.8 Å². The third kappa shape index (κ3) is 34.2. The van der Waals surface area contributed by atoms with Crippen LogP contribution >= 0.6 is 0 Å². The number of aromatic nitrogens is 10. The monoisotopic (exact) mass is 2750 g/mol. The van der Waals surface area contributed by atoms with Gasteiger partial charge in [-0.3, -0.25) is 43.2 Å². The van der Waals surface area contributed by atoms with Crippen molar-refractivity contribution in [2.45, 2.75) is 41.5 Å². The molecular formula is C103H83Ir4N10O8OsPt-7. The van der Waals surface area contributed by atoms with Gasteiger partial charge < -0.3 is 50.1 Å². The third-order valence-corrected chi connectivity index (χ3v) is 17.2. The van der Waals surface area contributed by atoms with Crippen molar-refractivity contribution in [3.63, 3.8) is 0 Å². The first-order valence-electron chi connectivity index (χ1n) is 37.8. The van der Waals surface area contributed by atoms with Crippen molar-refractivity contribution >= 4 is 68.5 Å². The van der Waals surface area contributed by atoms with Crippen molar-refractivity contribution in [2.75, 3.05) is 0 Å².